The Balaban J connectivity index is 1.47. The minimum Gasteiger partial charge on any atom is -0.325 e. The van der Waals surface area contributed by atoms with E-state index >= 15 is 0 Å². The molecule has 1 aliphatic rings. The summed E-state index contributed by atoms with van der Waals surface area (Å²) < 4.78 is 15.2. The number of nitro benzene ring substituents is 1. The number of hydrogen-bond donors (Lipinski definition) is 1. The fourth-order valence-corrected chi connectivity index (χ4v) is 6.77. The zero-order valence-electron chi connectivity index (χ0n) is 19.9. The second-order valence-corrected chi connectivity index (χ2v) is 10.9. The number of benzene rings is 2. The molecule has 0 spiro atoms. The minimum atomic E-state index is -0.981. The van der Waals surface area contributed by atoms with Crippen LogP contribution in [0.25, 0.3) is 15.9 Å². The van der Waals surface area contributed by atoms with Crippen molar-refractivity contribution >= 4 is 50.6 Å². The van der Waals surface area contributed by atoms with Crippen molar-refractivity contribution in [3.05, 3.63) is 85.3 Å². The van der Waals surface area contributed by atoms with Crippen LogP contribution in [-0.4, -0.2) is 26.1 Å². The summed E-state index contributed by atoms with van der Waals surface area (Å²) in [6, 6.07) is 12.3. The summed E-state index contributed by atoms with van der Waals surface area (Å²) in [5.41, 5.74) is 0.988. The van der Waals surface area contributed by atoms with Crippen LogP contribution in [0.5, 0.6) is 0 Å². The lowest BCUT2D eigenvalue weighted by molar-refractivity contribution is -0.387. The van der Waals surface area contributed by atoms with Crippen molar-refractivity contribution in [3.63, 3.8) is 0 Å². The Labute approximate surface area is 219 Å². The number of nitrogens with zero attached hydrogens (tertiary/aromatic N) is 3. The van der Waals surface area contributed by atoms with Gasteiger partial charge in [-0.25, -0.2) is 4.98 Å². The van der Waals surface area contributed by atoms with Crippen molar-refractivity contribution in [2.45, 2.75) is 37.8 Å². The molecule has 4 aromatic rings. The number of nitrogens with one attached hydrogen (secondary N) is 1. The summed E-state index contributed by atoms with van der Waals surface area (Å²) in [7, 11) is 0. The molecular formula is C26H23FN4O4S2. The van der Waals surface area contributed by atoms with E-state index in [2.05, 4.69) is 12.2 Å². The lowest BCUT2D eigenvalue weighted by Gasteiger charge is -2.20. The average Bonchev–Trinajstić information content (AvgIpc) is 3.26. The molecule has 37 heavy (non-hydrogen) atoms. The maximum absolute atomic E-state index is 13.8. The molecule has 5 rings (SSSR count). The van der Waals surface area contributed by atoms with E-state index in [1.54, 1.807) is 15.9 Å². The Morgan fingerprint density at radius 3 is 2.81 bits per heavy atom. The highest BCUT2D eigenvalue weighted by atomic mass is 32.2. The van der Waals surface area contributed by atoms with Crippen LogP contribution < -0.4 is 10.9 Å². The van der Waals surface area contributed by atoms with Crippen LogP contribution in [0.3, 0.4) is 0 Å². The van der Waals surface area contributed by atoms with Gasteiger partial charge >= 0.3 is 5.69 Å². The molecule has 0 fully saturated rings. The lowest BCUT2D eigenvalue weighted by atomic mass is 9.86. The van der Waals surface area contributed by atoms with Gasteiger partial charge in [-0.3, -0.25) is 24.3 Å². The number of para-hydroxylation sites is 1. The fourth-order valence-electron chi connectivity index (χ4n) is 4.58. The second-order valence-electron chi connectivity index (χ2n) is 8.83. The van der Waals surface area contributed by atoms with Crippen molar-refractivity contribution in [1.29, 1.82) is 0 Å². The number of aryl methyl sites for hydroxylation is 1. The zero-order chi connectivity index (χ0) is 26.1. The largest absolute Gasteiger partial charge is 0.325 e. The molecule has 1 unspecified atom stereocenters. The first-order valence-corrected chi connectivity index (χ1v) is 13.6. The lowest BCUT2D eigenvalue weighted by Crippen LogP contribution is -2.23. The quantitative estimate of drug-likeness (QED) is 0.139. The van der Waals surface area contributed by atoms with Crippen molar-refractivity contribution in [2.24, 2.45) is 5.92 Å². The second kappa shape index (κ2) is 10.4. The molecule has 1 amide bonds. The number of nitro groups is 1. The molecule has 11 heteroatoms. The predicted octanol–water partition coefficient (Wildman–Crippen LogP) is 5.74. The van der Waals surface area contributed by atoms with E-state index in [-0.39, 0.29) is 17.0 Å². The summed E-state index contributed by atoms with van der Waals surface area (Å²) in [5.74, 6) is -0.933. The first-order valence-electron chi connectivity index (χ1n) is 11.8. The highest BCUT2D eigenvalue weighted by Crippen LogP contribution is 2.38. The average molecular weight is 539 g/mol. The molecular weight excluding hydrogens is 515 g/mol. The Bertz CT molecular complexity index is 1570. The van der Waals surface area contributed by atoms with E-state index in [0.717, 1.165) is 55.1 Å². The van der Waals surface area contributed by atoms with Crippen LogP contribution in [0.4, 0.5) is 15.8 Å². The third-order valence-electron chi connectivity index (χ3n) is 6.50. The molecule has 2 aromatic heterocycles. The smallest absolute Gasteiger partial charge is 0.306 e. The van der Waals surface area contributed by atoms with E-state index in [0.29, 0.717) is 27.0 Å². The normalized spacial score (nSPS) is 14.9. The first kappa shape index (κ1) is 25.1. The first-order chi connectivity index (χ1) is 17.9. The molecule has 1 N–H and O–H groups in total. The molecule has 0 saturated heterocycles. The standard InChI is InChI=1S/C26H23FN4O4S2/c1-2-15-8-10-18-21(12-15)37-24-23(18)25(33)30(17-6-4-3-5-7-17)26(29-24)36-14-22(32)28-16-9-11-19(27)20(13-16)31(34)35/h3-7,9,11,13,15H,2,8,10,12,14H2,1H3,(H,28,32). The van der Waals surface area contributed by atoms with Crippen LogP contribution in [0.2, 0.25) is 0 Å². The topological polar surface area (TPSA) is 107 Å². The van der Waals surface area contributed by atoms with E-state index in [4.69, 9.17) is 4.98 Å². The number of hydrogen-bond acceptors (Lipinski definition) is 7. The molecule has 2 aromatic carbocycles. The number of thioether (sulfide) groups is 1. The van der Waals surface area contributed by atoms with Crippen molar-refractivity contribution < 1.29 is 14.1 Å². The van der Waals surface area contributed by atoms with Gasteiger partial charge in [0.1, 0.15) is 4.83 Å². The minimum absolute atomic E-state index is 0.0983. The Morgan fingerprint density at radius 1 is 1.30 bits per heavy atom. The van der Waals surface area contributed by atoms with Gasteiger partial charge in [0.15, 0.2) is 5.16 Å². The molecule has 0 saturated carbocycles. The van der Waals surface area contributed by atoms with Gasteiger partial charge in [-0.1, -0.05) is 43.3 Å². The highest BCUT2D eigenvalue weighted by molar-refractivity contribution is 7.99. The third-order valence-corrected chi connectivity index (χ3v) is 8.59. The van der Waals surface area contributed by atoms with Crippen molar-refractivity contribution in [3.8, 4) is 5.69 Å². The van der Waals surface area contributed by atoms with Crippen LogP contribution in [-0.2, 0) is 17.6 Å². The van der Waals surface area contributed by atoms with Crippen molar-refractivity contribution in [1.82, 2.24) is 9.55 Å². The van der Waals surface area contributed by atoms with Gasteiger partial charge < -0.3 is 5.32 Å². The van der Waals surface area contributed by atoms with Gasteiger partial charge in [0.05, 0.1) is 21.7 Å². The molecule has 1 atom stereocenters. The van der Waals surface area contributed by atoms with Gasteiger partial charge in [0.2, 0.25) is 11.7 Å². The van der Waals surface area contributed by atoms with Gasteiger partial charge in [0.25, 0.3) is 5.56 Å². The number of carbonyl (C=O) groups excluding carboxylic acids is 1. The van der Waals surface area contributed by atoms with Crippen molar-refractivity contribution in [2.75, 3.05) is 11.1 Å². The van der Waals surface area contributed by atoms with Crippen LogP contribution >= 0.6 is 23.1 Å². The Hall–Kier alpha value is -3.57. The fraction of sp³-hybridized carbons (Fsp3) is 0.269. The Kier molecular flexibility index (Phi) is 7.07. The highest BCUT2D eigenvalue weighted by Gasteiger charge is 2.26. The van der Waals surface area contributed by atoms with E-state index in [1.807, 2.05) is 30.3 Å². The number of halogens is 1. The number of fused-ring (bicyclic) bond motifs is 3. The molecule has 0 radical (unpaired) electrons. The number of anilines is 1. The number of aromatic nitrogens is 2. The third kappa shape index (κ3) is 5.01. The van der Waals surface area contributed by atoms with E-state index in [9.17, 15) is 24.1 Å². The molecule has 2 heterocycles. The SMILES string of the molecule is CCC1CCc2c(sc3nc(SCC(=O)Nc4ccc(F)c([N+](=O)[O-])c4)n(-c4ccccc4)c(=O)c23)C1. The van der Waals surface area contributed by atoms with Crippen LogP contribution in [0, 0.1) is 21.8 Å². The Morgan fingerprint density at radius 2 is 2.08 bits per heavy atom. The molecule has 1 aliphatic carbocycles. The molecule has 0 aliphatic heterocycles. The number of amides is 1. The molecule has 190 valence electrons. The van der Waals surface area contributed by atoms with Crippen LogP contribution in [0.1, 0.15) is 30.2 Å². The molecule has 0 bridgehead atoms. The van der Waals surface area contributed by atoms with E-state index < -0.39 is 22.3 Å². The maximum atomic E-state index is 13.8. The monoisotopic (exact) mass is 538 g/mol. The number of carbonyl (C=O) groups is 1. The number of rotatable bonds is 7. The predicted molar refractivity (Wildman–Crippen MR) is 143 cm³/mol. The summed E-state index contributed by atoms with van der Waals surface area (Å²) in [5, 5.41) is 14.6. The summed E-state index contributed by atoms with van der Waals surface area (Å²) in [6.45, 7) is 2.19. The summed E-state index contributed by atoms with van der Waals surface area (Å²) >= 11 is 2.66. The number of thiophene rings is 1. The van der Waals surface area contributed by atoms with Gasteiger partial charge in [-0.05, 0) is 55.0 Å². The van der Waals surface area contributed by atoms with E-state index in [1.165, 1.54) is 10.9 Å². The zero-order valence-corrected chi connectivity index (χ0v) is 21.5. The van der Waals surface area contributed by atoms with Crippen LogP contribution in [0.15, 0.2) is 58.5 Å². The maximum Gasteiger partial charge on any atom is 0.306 e. The van der Waals surface area contributed by atoms with Gasteiger partial charge in [-0.2, -0.15) is 4.39 Å². The van der Waals surface area contributed by atoms with Gasteiger partial charge in [0, 0.05) is 16.6 Å². The van der Waals surface area contributed by atoms with Gasteiger partial charge in [-0.15, -0.1) is 11.3 Å². The summed E-state index contributed by atoms with van der Waals surface area (Å²) in [4.78, 5) is 43.4. The summed E-state index contributed by atoms with van der Waals surface area (Å²) in [6.07, 6.45) is 3.96. The molecule has 8 nitrogen and oxygen atoms in total.